The van der Waals surface area contributed by atoms with Gasteiger partial charge < -0.3 is 15.2 Å². The molecule has 2 N–H and O–H groups in total. The zero-order valence-corrected chi connectivity index (χ0v) is 12.7. The monoisotopic (exact) mass is 299 g/mol. The molecule has 0 aliphatic heterocycles. The molecule has 2 aromatic rings. The molecule has 0 aliphatic carbocycles. The fraction of sp³-hybridized carbons (Fsp3) is 0.278. The second kappa shape index (κ2) is 8.32. The van der Waals surface area contributed by atoms with Crippen LogP contribution in [0.1, 0.15) is 27.6 Å². The lowest BCUT2D eigenvalue weighted by atomic mass is 10.1. The minimum Gasteiger partial charge on any atom is -0.465 e. The zero-order chi connectivity index (χ0) is 15.8. The van der Waals surface area contributed by atoms with E-state index < -0.39 is 6.10 Å². The first-order valence-electron chi connectivity index (χ1n) is 7.31. The van der Waals surface area contributed by atoms with Gasteiger partial charge in [0.05, 0.1) is 18.8 Å². The van der Waals surface area contributed by atoms with Crippen LogP contribution in [0.3, 0.4) is 0 Å². The lowest BCUT2D eigenvalue weighted by Gasteiger charge is -2.12. The fourth-order valence-corrected chi connectivity index (χ4v) is 2.19. The molecule has 0 aromatic heterocycles. The Kier molecular flexibility index (Phi) is 6.13. The van der Waals surface area contributed by atoms with Gasteiger partial charge in [0.1, 0.15) is 0 Å². The Morgan fingerprint density at radius 1 is 1.14 bits per heavy atom. The van der Waals surface area contributed by atoms with Crippen molar-refractivity contribution in [2.45, 2.75) is 12.5 Å². The summed E-state index contributed by atoms with van der Waals surface area (Å²) in [6, 6.07) is 17.0. The van der Waals surface area contributed by atoms with Crippen molar-refractivity contribution in [3.8, 4) is 0 Å². The van der Waals surface area contributed by atoms with Gasteiger partial charge in [0.2, 0.25) is 0 Å². The molecule has 22 heavy (non-hydrogen) atoms. The second-order valence-electron chi connectivity index (χ2n) is 5.07. The molecule has 0 amide bonds. The van der Waals surface area contributed by atoms with Gasteiger partial charge in [0.25, 0.3) is 0 Å². The maximum absolute atomic E-state index is 11.3. The van der Waals surface area contributed by atoms with Crippen LogP contribution in [0.5, 0.6) is 0 Å². The van der Waals surface area contributed by atoms with Crippen LogP contribution in [0.15, 0.2) is 54.6 Å². The summed E-state index contributed by atoms with van der Waals surface area (Å²) in [5.41, 5.74) is 2.60. The van der Waals surface area contributed by atoms with E-state index in [0.29, 0.717) is 12.1 Å². The van der Waals surface area contributed by atoms with Crippen LogP contribution in [0.2, 0.25) is 0 Å². The number of carbonyl (C=O) groups excluding carboxylic acids is 1. The van der Waals surface area contributed by atoms with Crippen LogP contribution in [-0.4, -0.2) is 31.3 Å². The van der Waals surface area contributed by atoms with Crippen LogP contribution in [-0.2, 0) is 11.2 Å². The van der Waals surface area contributed by atoms with Crippen molar-refractivity contribution in [3.63, 3.8) is 0 Å². The fourth-order valence-electron chi connectivity index (χ4n) is 2.19. The molecule has 2 aromatic carbocycles. The van der Waals surface area contributed by atoms with Gasteiger partial charge in [0, 0.05) is 6.54 Å². The number of hydrogen-bond acceptors (Lipinski definition) is 4. The van der Waals surface area contributed by atoms with Crippen molar-refractivity contribution in [1.29, 1.82) is 0 Å². The molecule has 0 radical (unpaired) electrons. The summed E-state index contributed by atoms with van der Waals surface area (Å²) in [5.74, 6) is -0.323. The lowest BCUT2D eigenvalue weighted by molar-refractivity contribution is 0.0600. The van der Waals surface area contributed by atoms with Gasteiger partial charge in [-0.1, -0.05) is 42.5 Å². The van der Waals surface area contributed by atoms with Crippen molar-refractivity contribution in [2.24, 2.45) is 0 Å². The van der Waals surface area contributed by atoms with Gasteiger partial charge in [0.15, 0.2) is 0 Å². The zero-order valence-electron chi connectivity index (χ0n) is 12.7. The molecule has 4 heteroatoms. The van der Waals surface area contributed by atoms with Gasteiger partial charge in [-0.15, -0.1) is 0 Å². The van der Waals surface area contributed by atoms with E-state index in [1.165, 1.54) is 7.11 Å². The molecule has 4 nitrogen and oxygen atoms in total. The van der Waals surface area contributed by atoms with Crippen molar-refractivity contribution in [3.05, 3.63) is 71.3 Å². The smallest absolute Gasteiger partial charge is 0.337 e. The molecule has 116 valence electrons. The third-order valence-corrected chi connectivity index (χ3v) is 3.49. The number of esters is 1. The van der Waals surface area contributed by atoms with Crippen molar-refractivity contribution < 1.29 is 14.6 Å². The number of carbonyl (C=O) groups is 1. The number of nitrogens with one attached hydrogen (secondary N) is 1. The molecular weight excluding hydrogens is 278 g/mol. The molecule has 0 bridgehead atoms. The number of hydrogen-bond donors (Lipinski definition) is 2. The summed E-state index contributed by atoms with van der Waals surface area (Å²) < 4.78 is 4.66. The number of ether oxygens (including phenoxy) is 1. The molecule has 1 atom stereocenters. The second-order valence-corrected chi connectivity index (χ2v) is 5.07. The highest BCUT2D eigenvalue weighted by atomic mass is 16.5. The van der Waals surface area contributed by atoms with Crippen LogP contribution < -0.4 is 5.32 Å². The summed E-state index contributed by atoms with van der Waals surface area (Å²) in [4.78, 5) is 11.3. The first-order valence-corrected chi connectivity index (χ1v) is 7.31. The summed E-state index contributed by atoms with van der Waals surface area (Å²) in [6.45, 7) is 1.28. The largest absolute Gasteiger partial charge is 0.465 e. The number of aliphatic hydroxyl groups is 1. The van der Waals surface area contributed by atoms with E-state index in [1.54, 1.807) is 12.1 Å². The Labute approximate surface area is 130 Å². The van der Waals surface area contributed by atoms with E-state index in [0.717, 1.165) is 24.1 Å². The summed E-state index contributed by atoms with van der Waals surface area (Å²) in [6.07, 6.45) is 0.339. The minimum absolute atomic E-state index is 0.323. The van der Waals surface area contributed by atoms with E-state index in [1.807, 2.05) is 42.5 Å². The maximum Gasteiger partial charge on any atom is 0.337 e. The minimum atomic E-state index is -0.497. The van der Waals surface area contributed by atoms with E-state index in [-0.39, 0.29) is 5.97 Å². The van der Waals surface area contributed by atoms with Crippen LogP contribution in [0.25, 0.3) is 0 Å². The van der Waals surface area contributed by atoms with Gasteiger partial charge in [-0.25, -0.2) is 4.79 Å². The summed E-state index contributed by atoms with van der Waals surface area (Å²) in [5, 5.41) is 13.3. The molecule has 0 heterocycles. The molecule has 0 spiro atoms. The standard InChI is InChI=1S/C18H21NO3/c1-22-18(21)16-9-7-14(8-10-16)11-12-19-13-17(20)15-5-3-2-4-6-15/h2-10,17,19-20H,11-13H2,1H3. The van der Waals surface area contributed by atoms with Crippen molar-refractivity contribution >= 4 is 5.97 Å². The van der Waals surface area contributed by atoms with E-state index in [4.69, 9.17) is 0 Å². The predicted molar refractivity (Wildman–Crippen MR) is 85.8 cm³/mol. The molecule has 0 saturated carbocycles. The predicted octanol–water partition coefficient (Wildman–Crippen LogP) is 2.34. The number of aliphatic hydroxyl groups excluding tert-OH is 1. The molecule has 0 fully saturated rings. The Morgan fingerprint density at radius 2 is 1.82 bits per heavy atom. The summed E-state index contributed by atoms with van der Waals surface area (Å²) in [7, 11) is 1.37. The molecule has 0 saturated heterocycles. The third kappa shape index (κ3) is 4.69. The number of benzene rings is 2. The maximum atomic E-state index is 11.3. The molecular formula is C18H21NO3. The third-order valence-electron chi connectivity index (χ3n) is 3.49. The van der Waals surface area contributed by atoms with Crippen molar-refractivity contribution in [1.82, 2.24) is 5.32 Å². The van der Waals surface area contributed by atoms with Gasteiger partial charge in [-0.05, 0) is 36.2 Å². The normalized spacial score (nSPS) is 11.9. The SMILES string of the molecule is COC(=O)c1ccc(CCNCC(O)c2ccccc2)cc1. The number of rotatable bonds is 7. The van der Waals surface area contributed by atoms with E-state index >= 15 is 0 Å². The van der Waals surface area contributed by atoms with Crippen LogP contribution in [0, 0.1) is 0 Å². The average Bonchev–Trinajstić information content (AvgIpc) is 2.59. The first kappa shape index (κ1) is 16.2. The quantitative estimate of drug-likeness (QED) is 0.608. The Bertz CT molecular complexity index is 581. The molecule has 2 rings (SSSR count). The van der Waals surface area contributed by atoms with Crippen LogP contribution in [0.4, 0.5) is 0 Å². The molecule has 1 unspecified atom stereocenters. The highest BCUT2D eigenvalue weighted by Crippen LogP contribution is 2.10. The summed E-state index contributed by atoms with van der Waals surface area (Å²) >= 11 is 0. The van der Waals surface area contributed by atoms with E-state index in [9.17, 15) is 9.90 Å². The van der Waals surface area contributed by atoms with Gasteiger partial charge >= 0.3 is 5.97 Å². The highest BCUT2D eigenvalue weighted by Gasteiger charge is 2.06. The Balaban J connectivity index is 1.73. The van der Waals surface area contributed by atoms with Crippen molar-refractivity contribution in [2.75, 3.05) is 20.2 Å². The lowest BCUT2D eigenvalue weighted by Crippen LogP contribution is -2.23. The highest BCUT2D eigenvalue weighted by molar-refractivity contribution is 5.89. The Morgan fingerprint density at radius 3 is 2.45 bits per heavy atom. The molecule has 0 aliphatic rings. The number of methoxy groups -OCH3 is 1. The Hall–Kier alpha value is -2.17. The van der Waals surface area contributed by atoms with E-state index in [2.05, 4.69) is 10.1 Å². The topological polar surface area (TPSA) is 58.6 Å². The first-order chi connectivity index (χ1) is 10.7. The van der Waals surface area contributed by atoms with Gasteiger partial charge in [-0.2, -0.15) is 0 Å². The van der Waals surface area contributed by atoms with Crippen LogP contribution >= 0.6 is 0 Å². The average molecular weight is 299 g/mol. The van der Waals surface area contributed by atoms with Gasteiger partial charge in [-0.3, -0.25) is 0 Å².